The van der Waals surface area contributed by atoms with Crippen LogP contribution >= 0.6 is 11.8 Å². The van der Waals surface area contributed by atoms with Crippen LogP contribution in [0.15, 0.2) is 58.3 Å². The fourth-order valence-electron chi connectivity index (χ4n) is 2.37. The predicted octanol–water partition coefficient (Wildman–Crippen LogP) is 1.78. The Bertz CT molecular complexity index is 733. The maximum Gasteiger partial charge on any atom is 0.250 e. The molecular weight excluding hydrogens is 324 g/mol. The number of rotatable bonds is 4. The average Bonchev–Trinajstić information content (AvgIpc) is 2.59. The van der Waals surface area contributed by atoms with Gasteiger partial charge >= 0.3 is 0 Å². The van der Waals surface area contributed by atoms with Crippen molar-refractivity contribution in [2.75, 3.05) is 11.4 Å². The Morgan fingerprint density at radius 1 is 1.08 bits per heavy atom. The van der Waals surface area contributed by atoms with Crippen LogP contribution in [0.5, 0.6) is 0 Å². The number of nitrogens with two attached hydrogens (primary N) is 1. The molecule has 2 aromatic carbocycles. The summed E-state index contributed by atoms with van der Waals surface area (Å²) in [6, 6.07) is 14.9. The van der Waals surface area contributed by atoms with Gasteiger partial charge in [0.25, 0.3) is 5.91 Å². The molecule has 0 spiro atoms. The van der Waals surface area contributed by atoms with Gasteiger partial charge in [0, 0.05) is 9.79 Å². The lowest BCUT2D eigenvalue weighted by Gasteiger charge is -2.31. The molecule has 4 N–H and O–H groups in total. The number of nitrogens with zero attached hydrogens (tertiary/aromatic N) is 1. The van der Waals surface area contributed by atoms with Gasteiger partial charge < -0.3 is 5.73 Å². The van der Waals surface area contributed by atoms with Crippen LogP contribution in [0.4, 0.5) is 11.4 Å². The van der Waals surface area contributed by atoms with Crippen LogP contribution in [-0.2, 0) is 9.59 Å². The van der Waals surface area contributed by atoms with E-state index < -0.39 is 6.04 Å². The fourth-order valence-corrected chi connectivity index (χ4v) is 3.43. The normalized spacial score (nSPS) is 13.7. The molecule has 3 rings (SSSR count). The minimum absolute atomic E-state index is 0.0359. The molecule has 1 aliphatic rings. The van der Waals surface area contributed by atoms with Crippen LogP contribution in [0.25, 0.3) is 0 Å². The van der Waals surface area contributed by atoms with Crippen molar-refractivity contribution < 1.29 is 9.59 Å². The van der Waals surface area contributed by atoms with E-state index in [9.17, 15) is 9.59 Å². The number of benzene rings is 2. The van der Waals surface area contributed by atoms with Crippen LogP contribution < -0.4 is 21.5 Å². The fraction of sp³-hybridized carbons (Fsp3) is 0.176. The Morgan fingerprint density at radius 2 is 1.62 bits per heavy atom. The van der Waals surface area contributed by atoms with Gasteiger partial charge in [-0.3, -0.25) is 19.9 Å². The first-order valence-electron chi connectivity index (χ1n) is 7.55. The molecule has 0 saturated carbocycles. The Kier molecular flexibility index (Phi) is 4.84. The molecule has 1 atom stereocenters. The third-order valence-corrected chi connectivity index (χ3v) is 4.68. The van der Waals surface area contributed by atoms with Gasteiger partial charge in [0.2, 0.25) is 5.91 Å². The van der Waals surface area contributed by atoms with Crippen molar-refractivity contribution in [3.8, 4) is 0 Å². The van der Waals surface area contributed by atoms with Gasteiger partial charge in [-0.25, -0.2) is 5.43 Å². The van der Waals surface area contributed by atoms with Crippen molar-refractivity contribution in [1.82, 2.24) is 10.9 Å². The van der Waals surface area contributed by atoms with Crippen molar-refractivity contribution in [1.29, 1.82) is 0 Å². The van der Waals surface area contributed by atoms with Crippen LogP contribution in [-0.4, -0.2) is 24.4 Å². The second kappa shape index (κ2) is 7.04. The molecular formula is C17H18N4O2S. The summed E-state index contributed by atoms with van der Waals surface area (Å²) >= 11 is 1.64. The highest BCUT2D eigenvalue weighted by molar-refractivity contribution is 7.99. The molecule has 124 valence electrons. The van der Waals surface area contributed by atoms with E-state index in [4.69, 9.17) is 5.73 Å². The smallest absolute Gasteiger partial charge is 0.250 e. The highest BCUT2D eigenvalue weighted by Crippen LogP contribution is 2.47. The summed E-state index contributed by atoms with van der Waals surface area (Å²) in [5.74, 6) is -0.530. The minimum Gasteiger partial charge on any atom is -0.320 e. The first-order chi connectivity index (χ1) is 11.6. The van der Waals surface area contributed by atoms with E-state index in [2.05, 4.69) is 10.9 Å². The van der Waals surface area contributed by atoms with E-state index in [0.29, 0.717) is 0 Å². The van der Waals surface area contributed by atoms with E-state index in [-0.39, 0.29) is 18.4 Å². The zero-order chi connectivity index (χ0) is 17.1. The van der Waals surface area contributed by atoms with E-state index in [1.54, 1.807) is 23.6 Å². The van der Waals surface area contributed by atoms with Crippen LogP contribution in [0.2, 0.25) is 0 Å². The topological polar surface area (TPSA) is 87.5 Å². The summed E-state index contributed by atoms with van der Waals surface area (Å²) in [6.45, 7) is 1.54. The monoisotopic (exact) mass is 342 g/mol. The summed E-state index contributed by atoms with van der Waals surface area (Å²) < 4.78 is 0. The Morgan fingerprint density at radius 3 is 2.17 bits per heavy atom. The van der Waals surface area contributed by atoms with E-state index in [1.807, 2.05) is 48.5 Å². The Labute approximate surface area is 144 Å². The number of hydrogen-bond donors (Lipinski definition) is 3. The van der Waals surface area contributed by atoms with Crippen LogP contribution in [0.1, 0.15) is 6.92 Å². The molecule has 24 heavy (non-hydrogen) atoms. The zero-order valence-electron chi connectivity index (χ0n) is 13.2. The van der Waals surface area contributed by atoms with E-state index >= 15 is 0 Å². The third kappa shape index (κ3) is 3.28. The van der Waals surface area contributed by atoms with Gasteiger partial charge in [0.1, 0.15) is 0 Å². The molecule has 0 saturated heterocycles. The number of carbonyl (C=O) groups excluding carboxylic acids is 2. The van der Waals surface area contributed by atoms with Gasteiger partial charge in [-0.1, -0.05) is 36.0 Å². The zero-order valence-corrected chi connectivity index (χ0v) is 14.0. The third-order valence-electron chi connectivity index (χ3n) is 3.55. The lowest BCUT2D eigenvalue weighted by atomic mass is 10.2. The number of hydrazine groups is 1. The standard InChI is InChI=1S/C17H18N4O2S/c1-11(18)17(23)20-19-10-16(22)21-12-6-2-4-8-14(12)24-15-9-5-3-7-13(15)21/h2-9,11,19H,10,18H2,1H3,(H,20,23)/t11-/m0/s1. The highest BCUT2D eigenvalue weighted by atomic mass is 32.2. The quantitative estimate of drug-likeness (QED) is 0.737. The predicted molar refractivity (Wildman–Crippen MR) is 93.9 cm³/mol. The second-order valence-electron chi connectivity index (χ2n) is 5.40. The Hall–Kier alpha value is -2.35. The van der Waals surface area contributed by atoms with Crippen molar-refractivity contribution in [2.45, 2.75) is 22.8 Å². The first kappa shape index (κ1) is 16.5. The van der Waals surface area contributed by atoms with Crippen molar-refractivity contribution >= 4 is 35.0 Å². The number of amides is 2. The van der Waals surface area contributed by atoms with Crippen molar-refractivity contribution in [3.05, 3.63) is 48.5 Å². The molecule has 0 fully saturated rings. The molecule has 0 aromatic heterocycles. The Balaban J connectivity index is 1.82. The number of nitrogens with one attached hydrogen (secondary N) is 2. The number of fused-ring (bicyclic) bond motifs is 2. The first-order valence-corrected chi connectivity index (χ1v) is 8.36. The molecule has 6 nitrogen and oxygen atoms in total. The molecule has 0 aliphatic carbocycles. The summed E-state index contributed by atoms with van der Waals surface area (Å²) in [5.41, 5.74) is 12.2. The van der Waals surface area contributed by atoms with Crippen LogP contribution in [0, 0.1) is 0 Å². The number of hydrogen-bond acceptors (Lipinski definition) is 5. The summed E-state index contributed by atoms with van der Waals surface area (Å²) in [5, 5.41) is 0. The second-order valence-corrected chi connectivity index (χ2v) is 6.48. The lowest BCUT2D eigenvalue weighted by molar-refractivity contribution is -0.123. The van der Waals surface area contributed by atoms with Crippen LogP contribution in [0.3, 0.4) is 0 Å². The SMILES string of the molecule is C[C@H](N)C(=O)NNCC(=O)N1c2ccccc2Sc2ccccc21. The number of para-hydroxylation sites is 2. The molecule has 0 unspecified atom stereocenters. The summed E-state index contributed by atoms with van der Waals surface area (Å²) in [6.07, 6.45) is 0. The van der Waals surface area contributed by atoms with E-state index in [0.717, 1.165) is 21.2 Å². The molecule has 1 aliphatic heterocycles. The van der Waals surface area contributed by atoms with Crippen molar-refractivity contribution in [2.24, 2.45) is 5.73 Å². The van der Waals surface area contributed by atoms with Gasteiger partial charge in [0.15, 0.2) is 0 Å². The summed E-state index contributed by atoms with van der Waals surface area (Å²) in [7, 11) is 0. The molecule has 2 aromatic rings. The lowest BCUT2D eigenvalue weighted by Crippen LogP contribution is -2.49. The maximum atomic E-state index is 12.7. The number of carbonyl (C=O) groups is 2. The van der Waals surface area contributed by atoms with Gasteiger partial charge in [-0.05, 0) is 31.2 Å². The minimum atomic E-state index is -0.638. The maximum absolute atomic E-state index is 12.7. The van der Waals surface area contributed by atoms with Gasteiger partial charge in [0.05, 0.1) is 24.0 Å². The largest absolute Gasteiger partial charge is 0.320 e. The van der Waals surface area contributed by atoms with Crippen molar-refractivity contribution in [3.63, 3.8) is 0 Å². The average molecular weight is 342 g/mol. The van der Waals surface area contributed by atoms with E-state index in [1.165, 1.54) is 0 Å². The summed E-state index contributed by atoms with van der Waals surface area (Å²) in [4.78, 5) is 27.9. The molecule has 7 heteroatoms. The molecule has 1 heterocycles. The van der Waals surface area contributed by atoms with Gasteiger partial charge in [-0.15, -0.1) is 0 Å². The van der Waals surface area contributed by atoms with Gasteiger partial charge in [-0.2, -0.15) is 0 Å². The molecule has 0 bridgehead atoms. The highest BCUT2D eigenvalue weighted by Gasteiger charge is 2.27. The number of anilines is 2. The molecule has 2 amide bonds. The molecule has 0 radical (unpaired) electrons.